The van der Waals surface area contributed by atoms with E-state index in [1.807, 2.05) is 12.1 Å². The molecule has 2 aliphatic rings. The highest BCUT2D eigenvalue weighted by Gasteiger charge is 2.32. The predicted octanol–water partition coefficient (Wildman–Crippen LogP) is 4.43. The Morgan fingerprint density at radius 2 is 2.21 bits per heavy atom. The van der Waals surface area contributed by atoms with Crippen molar-refractivity contribution in [3.8, 4) is 11.3 Å². The topological polar surface area (TPSA) is 73.1 Å². The van der Waals surface area contributed by atoms with Crippen molar-refractivity contribution in [3.63, 3.8) is 0 Å². The first-order valence-electron chi connectivity index (χ1n) is 10.1. The summed E-state index contributed by atoms with van der Waals surface area (Å²) in [7, 11) is 0. The average molecular weight is 407 g/mol. The first kappa shape index (κ1) is 17.5. The lowest BCUT2D eigenvalue weighted by Crippen LogP contribution is -2.32. The quantitative estimate of drug-likeness (QED) is 0.531. The van der Waals surface area contributed by atoms with Crippen LogP contribution in [-0.4, -0.2) is 33.6 Å². The maximum Gasteiger partial charge on any atom is 0.135 e. The normalized spacial score (nSPS) is 21.1. The van der Waals surface area contributed by atoms with Crippen molar-refractivity contribution in [1.29, 1.82) is 0 Å². The molecule has 148 valence electrons. The fraction of sp³-hybridized carbons (Fsp3) is 0.409. The number of hydrogen-bond acceptors (Lipinski definition) is 7. The van der Waals surface area contributed by atoms with Gasteiger partial charge >= 0.3 is 0 Å². The smallest absolute Gasteiger partial charge is 0.135 e. The molecule has 0 aliphatic carbocycles. The third-order valence-corrected chi connectivity index (χ3v) is 7.13. The molecule has 4 aromatic heterocycles. The number of ether oxygens (including phenoxy) is 1. The average Bonchev–Trinajstić information content (AvgIpc) is 3.45. The molecular weight excluding hydrogens is 384 g/mol. The number of thiophene rings is 1. The summed E-state index contributed by atoms with van der Waals surface area (Å²) in [4.78, 5) is 15.5. The monoisotopic (exact) mass is 406 g/mol. The van der Waals surface area contributed by atoms with E-state index in [2.05, 4.69) is 24.1 Å². The van der Waals surface area contributed by atoms with E-state index >= 15 is 0 Å². The van der Waals surface area contributed by atoms with Gasteiger partial charge < -0.3 is 14.5 Å². The lowest BCUT2D eigenvalue weighted by atomic mass is 9.91. The summed E-state index contributed by atoms with van der Waals surface area (Å²) in [6, 6.07) is 3.95. The first-order valence-corrected chi connectivity index (χ1v) is 10.9. The Morgan fingerprint density at radius 3 is 3.00 bits per heavy atom. The van der Waals surface area contributed by atoms with Gasteiger partial charge in [-0.3, -0.25) is 0 Å². The van der Waals surface area contributed by atoms with Crippen LogP contribution in [0.3, 0.4) is 0 Å². The Bertz CT molecular complexity index is 1220. The van der Waals surface area contributed by atoms with E-state index < -0.39 is 0 Å². The van der Waals surface area contributed by atoms with Gasteiger partial charge in [-0.25, -0.2) is 15.0 Å². The van der Waals surface area contributed by atoms with Crippen LogP contribution < -0.4 is 5.32 Å². The highest BCUT2D eigenvalue weighted by atomic mass is 32.1. The molecule has 1 saturated heterocycles. The van der Waals surface area contributed by atoms with Crippen molar-refractivity contribution >= 4 is 31.8 Å². The van der Waals surface area contributed by atoms with Gasteiger partial charge in [-0.15, -0.1) is 11.3 Å². The van der Waals surface area contributed by atoms with Crippen LogP contribution in [0.5, 0.6) is 0 Å². The second-order valence-electron chi connectivity index (χ2n) is 8.52. The minimum atomic E-state index is -0.217. The number of nitrogens with zero attached hydrogens (tertiary/aromatic N) is 3. The van der Waals surface area contributed by atoms with Gasteiger partial charge in [0, 0.05) is 35.4 Å². The number of rotatable bonds is 2. The molecule has 0 spiro atoms. The number of nitrogens with one attached hydrogen (secondary N) is 1. The molecule has 6 nitrogen and oxygen atoms in total. The first-order chi connectivity index (χ1) is 14.1. The van der Waals surface area contributed by atoms with Gasteiger partial charge in [-0.2, -0.15) is 0 Å². The van der Waals surface area contributed by atoms with Crippen molar-refractivity contribution in [2.75, 3.05) is 13.1 Å². The number of aromatic nitrogens is 3. The zero-order chi connectivity index (χ0) is 19.6. The lowest BCUT2D eigenvalue weighted by molar-refractivity contribution is -0.0409. The van der Waals surface area contributed by atoms with Crippen LogP contribution in [0.4, 0.5) is 0 Å². The van der Waals surface area contributed by atoms with Crippen LogP contribution in [0.15, 0.2) is 29.1 Å². The summed E-state index contributed by atoms with van der Waals surface area (Å²) in [5, 5.41) is 4.52. The van der Waals surface area contributed by atoms with Gasteiger partial charge in [-0.1, -0.05) is 0 Å². The minimum absolute atomic E-state index is 0.217. The Labute approximate surface area is 172 Å². The third-order valence-electron chi connectivity index (χ3n) is 6.03. The van der Waals surface area contributed by atoms with E-state index in [-0.39, 0.29) is 5.60 Å². The molecule has 6 rings (SSSR count). The zero-order valence-corrected chi connectivity index (χ0v) is 17.3. The van der Waals surface area contributed by atoms with Crippen LogP contribution in [-0.2, 0) is 17.8 Å². The highest BCUT2D eigenvalue weighted by Crippen LogP contribution is 2.45. The SMILES string of the molecule is CC1(C)Cc2nc3sc4c(C5CCNC5)ncnc4c3c(-c3ccco3)c2CO1. The molecule has 0 saturated carbocycles. The van der Waals surface area contributed by atoms with Crippen molar-refractivity contribution in [1.82, 2.24) is 20.3 Å². The Kier molecular flexibility index (Phi) is 3.82. The molecule has 0 aromatic carbocycles. The summed E-state index contributed by atoms with van der Waals surface area (Å²) >= 11 is 1.71. The number of pyridine rings is 1. The van der Waals surface area contributed by atoms with Crippen molar-refractivity contribution in [2.45, 2.75) is 44.8 Å². The summed E-state index contributed by atoms with van der Waals surface area (Å²) in [5.74, 6) is 1.27. The van der Waals surface area contributed by atoms with Gasteiger partial charge in [0.05, 0.1) is 40.1 Å². The molecular formula is C22H22N4O2S. The highest BCUT2D eigenvalue weighted by molar-refractivity contribution is 7.25. The fourth-order valence-corrected chi connectivity index (χ4v) is 5.82. The van der Waals surface area contributed by atoms with E-state index in [1.54, 1.807) is 23.9 Å². The lowest BCUT2D eigenvalue weighted by Gasteiger charge is -2.32. The fourth-order valence-electron chi connectivity index (χ4n) is 4.60. The van der Waals surface area contributed by atoms with Crippen LogP contribution >= 0.6 is 11.3 Å². The second kappa shape index (κ2) is 6.32. The van der Waals surface area contributed by atoms with E-state index in [0.29, 0.717) is 12.5 Å². The molecule has 1 N–H and O–H groups in total. The van der Waals surface area contributed by atoms with Gasteiger partial charge in [0.15, 0.2) is 0 Å². The van der Waals surface area contributed by atoms with Crippen LogP contribution in [0, 0.1) is 0 Å². The molecule has 7 heteroatoms. The molecule has 0 radical (unpaired) electrons. The van der Waals surface area contributed by atoms with Gasteiger partial charge in [0.2, 0.25) is 0 Å². The Balaban J connectivity index is 1.69. The van der Waals surface area contributed by atoms with Gasteiger partial charge in [0.1, 0.15) is 16.9 Å². The maximum atomic E-state index is 6.15. The zero-order valence-electron chi connectivity index (χ0n) is 16.5. The molecule has 4 aromatic rings. The standard InChI is InChI=1S/C22H22N4O2S/c1-22(2)8-14-13(10-28-22)16(15-4-3-7-27-15)17-19-20(29-21(17)26-14)18(24-11-25-19)12-5-6-23-9-12/h3-4,7,11-12,23H,5-6,8-10H2,1-2H3. The van der Waals surface area contributed by atoms with Crippen molar-refractivity contribution in [2.24, 2.45) is 0 Å². The molecule has 2 aliphatic heterocycles. The van der Waals surface area contributed by atoms with E-state index in [0.717, 1.165) is 74.6 Å². The van der Waals surface area contributed by atoms with Crippen LogP contribution in [0.1, 0.15) is 43.1 Å². The van der Waals surface area contributed by atoms with Crippen LogP contribution in [0.2, 0.25) is 0 Å². The van der Waals surface area contributed by atoms with Crippen LogP contribution in [0.25, 0.3) is 31.8 Å². The molecule has 1 fully saturated rings. The summed E-state index contributed by atoms with van der Waals surface area (Å²) in [5.41, 5.74) is 5.20. The molecule has 1 atom stereocenters. The van der Waals surface area contributed by atoms with Crippen molar-refractivity contribution in [3.05, 3.63) is 41.7 Å². The summed E-state index contributed by atoms with van der Waals surface area (Å²) < 4.78 is 13.2. The van der Waals surface area contributed by atoms with E-state index in [9.17, 15) is 0 Å². The molecule has 6 heterocycles. The van der Waals surface area contributed by atoms with Crippen molar-refractivity contribution < 1.29 is 9.15 Å². The number of furan rings is 1. The molecule has 1 unspecified atom stereocenters. The predicted molar refractivity (Wildman–Crippen MR) is 113 cm³/mol. The molecule has 0 amide bonds. The summed E-state index contributed by atoms with van der Waals surface area (Å²) in [6.45, 7) is 6.78. The summed E-state index contributed by atoms with van der Waals surface area (Å²) in [6.07, 6.45) is 5.32. The Morgan fingerprint density at radius 1 is 1.28 bits per heavy atom. The maximum absolute atomic E-state index is 6.15. The minimum Gasteiger partial charge on any atom is -0.464 e. The Hall–Kier alpha value is -2.35. The number of fused-ring (bicyclic) bond motifs is 4. The molecule has 29 heavy (non-hydrogen) atoms. The second-order valence-corrected chi connectivity index (χ2v) is 9.52. The molecule has 0 bridgehead atoms. The van der Waals surface area contributed by atoms with E-state index in [4.69, 9.17) is 19.1 Å². The van der Waals surface area contributed by atoms with Gasteiger partial charge in [-0.05, 0) is 38.9 Å². The van der Waals surface area contributed by atoms with Gasteiger partial charge in [0.25, 0.3) is 0 Å². The largest absolute Gasteiger partial charge is 0.464 e. The number of hydrogen-bond donors (Lipinski definition) is 1. The third kappa shape index (κ3) is 2.72. The van der Waals surface area contributed by atoms with E-state index in [1.165, 1.54) is 0 Å².